The van der Waals surface area contributed by atoms with Crippen LogP contribution < -0.4 is 5.32 Å². The summed E-state index contributed by atoms with van der Waals surface area (Å²) in [5.41, 5.74) is 1.67. The Morgan fingerprint density at radius 1 is 1.18 bits per heavy atom. The van der Waals surface area contributed by atoms with Gasteiger partial charge in [-0.2, -0.15) is 17.0 Å². The van der Waals surface area contributed by atoms with E-state index >= 15 is 0 Å². The van der Waals surface area contributed by atoms with E-state index in [1.54, 1.807) is 17.8 Å². The van der Waals surface area contributed by atoms with Crippen molar-refractivity contribution in [3.63, 3.8) is 0 Å². The molecule has 6 nitrogen and oxygen atoms in total. The summed E-state index contributed by atoms with van der Waals surface area (Å²) < 4.78 is 0. The highest BCUT2D eigenvalue weighted by Gasteiger charge is 2.47. The van der Waals surface area contributed by atoms with Crippen molar-refractivity contribution in [1.29, 1.82) is 5.26 Å². The van der Waals surface area contributed by atoms with Gasteiger partial charge in [0.1, 0.15) is 0 Å². The number of nitrogens with one attached hydrogen (secondary N) is 1. The minimum atomic E-state index is -0.156. The Labute approximate surface area is 169 Å². The minimum Gasteiger partial charge on any atom is -0.355 e. The largest absolute Gasteiger partial charge is 0.355 e. The topological polar surface area (TPSA) is 90.3 Å². The van der Waals surface area contributed by atoms with Crippen LogP contribution in [0.5, 0.6) is 0 Å². The number of hydrogen-bond acceptors (Lipinski definition) is 5. The van der Waals surface area contributed by atoms with E-state index in [-0.39, 0.29) is 42.5 Å². The summed E-state index contributed by atoms with van der Waals surface area (Å²) >= 11 is 1.65. The van der Waals surface area contributed by atoms with Gasteiger partial charge in [0.15, 0.2) is 0 Å². The lowest BCUT2D eigenvalue weighted by Crippen LogP contribution is -2.36. The van der Waals surface area contributed by atoms with E-state index in [2.05, 4.69) is 11.4 Å². The van der Waals surface area contributed by atoms with Crippen LogP contribution in [-0.2, 0) is 20.1 Å². The molecule has 2 fully saturated rings. The van der Waals surface area contributed by atoms with E-state index in [9.17, 15) is 14.4 Å². The van der Waals surface area contributed by atoms with E-state index in [0.29, 0.717) is 12.1 Å². The van der Waals surface area contributed by atoms with Crippen molar-refractivity contribution < 1.29 is 14.4 Å². The summed E-state index contributed by atoms with van der Waals surface area (Å²) in [5.74, 6) is 0.821. The maximum absolute atomic E-state index is 12.4. The predicted molar refractivity (Wildman–Crippen MR) is 107 cm³/mol. The second kappa shape index (κ2) is 9.74. The Morgan fingerprint density at radius 3 is 2.54 bits per heavy atom. The van der Waals surface area contributed by atoms with Gasteiger partial charge in [0.05, 0.1) is 23.5 Å². The van der Waals surface area contributed by atoms with Gasteiger partial charge in [-0.3, -0.25) is 19.3 Å². The number of nitriles is 1. The summed E-state index contributed by atoms with van der Waals surface area (Å²) in [5, 5.41) is 11.9. The zero-order valence-electron chi connectivity index (χ0n) is 15.9. The van der Waals surface area contributed by atoms with Crippen LogP contribution in [0.1, 0.15) is 43.2 Å². The monoisotopic (exact) mass is 399 g/mol. The molecular weight excluding hydrogens is 374 g/mol. The van der Waals surface area contributed by atoms with Crippen LogP contribution in [0.4, 0.5) is 0 Å². The number of imide groups is 1. The van der Waals surface area contributed by atoms with Gasteiger partial charge in [-0.15, -0.1) is 0 Å². The summed E-state index contributed by atoms with van der Waals surface area (Å²) in [7, 11) is 0. The summed E-state index contributed by atoms with van der Waals surface area (Å²) in [6, 6.07) is 9.67. The molecule has 2 aliphatic rings. The molecule has 3 amide bonds. The van der Waals surface area contributed by atoms with Gasteiger partial charge in [-0.05, 0) is 24.5 Å². The van der Waals surface area contributed by atoms with Crippen LogP contribution in [0.15, 0.2) is 24.3 Å². The Kier molecular flexibility index (Phi) is 7.10. The number of nitrogens with zero attached hydrogens (tertiary/aromatic N) is 2. The number of amides is 3. The average molecular weight is 400 g/mol. The molecule has 0 bridgehead atoms. The fourth-order valence-corrected chi connectivity index (χ4v) is 4.82. The van der Waals surface area contributed by atoms with Crippen LogP contribution in [0.3, 0.4) is 0 Å². The first-order valence-corrected chi connectivity index (χ1v) is 10.9. The maximum atomic E-state index is 12.4. The number of hydrogen-bond donors (Lipinski definition) is 1. The SMILES string of the molecule is N#Cc1ccccc1CSCCNC(=O)CCN1C(=O)[C@H]2CCCC[C@H]2C1=O. The number of thioether (sulfide) groups is 1. The Morgan fingerprint density at radius 2 is 1.86 bits per heavy atom. The molecular formula is C21H25N3O3S. The quantitative estimate of drug-likeness (QED) is 0.536. The summed E-state index contributed by atoms with van der Waals surface area (Å²) in [6.07, 6.45) is 3.75. The van der Waals surface area contributed by atoms with Crippen LogP contribution in [0, 0.1) is 23.2 Å². The van der Waals surface area contributed by atoms with E-state index in [0.717, 1.165) is 42.8 Å². The third-order valence-electron chi connectivity index (χ3n) is 5.46. The number of carbonyl (C=O) groups is 3. The second-order valence-electron chi connectivity index (χ2n) is 7.25. The van der Waals surface area contributed by atoms with Gasteiger partial charge in [-0.1, -0.05) is 31.0 Å². The summed E-state index contributed by atoms with van der Waals surface area (Å²) in [4.78, 5) is 38.1. The first-order valence-electron chi connectivity index (χ1n) is 9.79. The molecule has 1 aliphatic heterocycles. The van der Waals surface area contributed by atoms with Crippen molar-refractivity contribution in [2.75, 3.05) is 18.8 Å². The fraction of sp³-hybridized carbons (Fsp3) is 0.524. The van der Waals surface area contributed by atoms with E-state index < -0.39 is 0 Å². The number of rotatable bonds is 8. The summed E-state index contributed by atoms with van der Waals surface area (Å²) in [6.45, 7) is 0.699. The van der Waals surface area contributed by atoms with Crippen LogP contribution >= 0.6 is 11.8 Å². The smallest absolute Gasteiger partial charge is 0.233 e. The molecule has 0 radical (unpaired) electrons. The fourth-order valence-electron chi connectivity index (χ4n) is 3.95. The van der Waals surface area contributed by atoms with Crippen molar-refractivity contribution >= 4 is 29.5 Å². The molecule has 1 heterocycles. The van der Waals surface area contributed by atoms with Crippen molar-refractivity contribution in [1.82, 2.24) is 10.2 Å². The predicted octanol–water partition coefficient (Wildman–Crippen LogP) is 2.47. The Hall–Kier alpha value is -2.33. The molecule has 28 heavy (non-hydrogen) atoms. The number of carbonyl (C=O) groups excluding carboxylic acids is 3. The van der Waals surface area contributed by atoms with Gasteiger partial charge in [0.2, 0.25) is 17.7 Å². The van der Waals surface area contributed by atoms with Crippen molar-refractivity contribution in [3.05, 3.63) is 35.4 Å². The van der Waals surface area contributed by atoms with E-state index in [1.165, 1.54) is 4.90 Å². The minimum absolute atomic E-state index is 0.0887. The van der Waals surface area contributed by atoms with Crippen LogP contribution in [0.2, 0.25) is 0 Å². The number of likely N-dealkylation sites (tertiary alicyclic amines) is 1. The maximum Gasteiger partial charge on any atom is 0.233 e. The zero-order chi connectivity index (χ0) is 19.9. The van der Waals surface area contributed by atoms with Gasteiger partial charge >= 0.3 is 0 Å². The van der Waals surface area contributed by atoms with Crippen molar-refractivity contribution in [3.8, 4) is 6.07 Å². The highest BCUT2D eigenvalue weighted by molar-refractivity contribution is 7.98. The molecule has 1 aliphatic carbocycles. The molecule has 148 valence electrons. The third kappa shape index (κ3) is 4.74. The number of fused-ring (bicyclic) bond motifs is 1. The van der Waals surface area contributed by atoms with E-state index in [4.69, 9.17) is 5.26 Å². The van der Waals surface area contributed by atoms with Crippen LogP contribution in [-0.4, -0.2) is 41.5 Å². The van der Waals surface area contributed by atoms with Crippen LogP contribution in [0.25, 0.3) is 0 Å². The van der Waals surface area contributed by atoms with Gasteiger partial charge in [-0.25, -0.2) is 0 Å². The third-order valence-corrected chi connectivity index (χ3v) is 6.47. The first-order chi connectivity index (χ1) is 13.6. The lowest BCUT2D eigenvalue weighted by molar-refractivity contribution is -0.140. The molecule has 2 atom stereocenters. The molecule has 1 aromatic carbocycles. The average Bonchev–Trinajstić information content (AvgIpc) is 2.97. The van der Waals surface area contributed by atoms with E-state index in [1.807, 2.05) is 18.2 Å². The molecule has 0 unspecified atom stereocenters. The normalized spacial score (nSPS) is 21.3. The number of benzene rings is 1. The van der Waals surface area contributed by atoms with Crippen molar-refractivity contribution in [2.45, 2.75) is 37.9 Å². The molecule has 1 saturated carbocycles. The van der Waals surface area contributed by atoms with Gasteiger partial charge < -0.3 is 5.32 Å². The highest BCUT2D eigenvalue weighted by Crippen LogP contribution is 2.37. The molecule has 7 heteroatoms. The van der Waals surface area contributed by atoms with Gasteiger partial charge in [0.25, 0.3) is 0 Å². The molecule has 0 aromatic heterocycles. The molecule has 1 N–H and O–H groups in total. The standard InChI is InChI=1S/C21H25N3O3S/c22-13-15-5-1-2-6-16(15)14-28-12-10-23-19(25)9-11-24-20(26)17-7-3-4-8-18(17)21(24)27/h1-2,5-6,17-18H,3-4,7-12,14H2,(H,23,25)/t17-,18+. The van der Waals surface area contributed by atoms with Gasteiger partial charge in [0, 0.05) is 31.0 Å². The molecule has 3 rings (SSSR count). The second-order valence-corrected chi connectivity index (χ2v) is 8.35. The molecule has 0 spiro atoms. The molecule has 1 aromatic rings. The Bertz CT molecular complexity index is 765. The zero-order valence-corrected chi connectivity index (χ0v) is 16.7. The highest BCUT2D eigenvalue weighted by atomic mass is 32.2. The Balaban J connectivity index is 1.34. The van der Waals surface area contributed by atoms with Crippen molar-refractivity contribution in [2.24, 2.45) is 11.8 Å². The lowest BCUT2D eigenvalue weighted by Gasteiger charge is -2.19. The first kappa shape index (κ1) is 20.4. The molecule has 1 saturated heterocycles. The lowest BCUT2D eigenvalue weighted by atomic mass is 9.81.